The van der Waals surface area contributed by atoms with Gasteiger partial charge in [0.15, 0.2) is 0 Å². The van der Waals surface area contributed by atoms with E-state index in [1.165, 1.54) is 37.3 Å². The van der Waals surface area contributed by atoms with Crippen molar-refractivity contribution in [1.82, 2.24) is 0 Å². The minimum absolute atomic E-state index is 0.0515. The normalized spacial score (nSPS) is 11.3. The summed E-state index contributed by atoms with van der Waals surface area (Å²) in [5, 5.41) is 0. The van der Waals surface area contributed by atoms with Crippen molar-refractivity contribution in [3.63, 3.8) is 0 Å². The number of hydrogen-bond donors (Lipinski definition) is 2. The van der Waals surface area contributed by atoms with Gasteiger partial charge < -0.3 is 5.73 Å². The molecule has 0 spiro atoms. The van der Waals surface area contributed by atoms with E-state index in [1.807, 2.05) is 0 Å². The molecule has 0 aromatic heterocycles. The van der Waals surface area contributed by atoms with Gasteiger partial charge in [0.25, 0.3) is 10.0 Å². The number of rotatable bonds is 3. The Hall–Kier alpha value is -1.60. The van der Waals surface area contributed by atoms with Crippen molar-refractivity contribution in [3.05, 3.63) is 52.3 Å². The lowest BCUT2D eigenvalue weighted by Gasteiger charge is -2.12. The molecule has 0 aliphatic heterocycles. The van der Waals surface area contributed by atoms with E-state index in [-0.39, 0.29) is 21.8 Å². The standard InChI is InChI=1S/C13H12BrFN2O2S/c1-8-10(15)3-2-4-12(8)17-20(18,19)13-6-5-9(14)7-11(13)16/h2-7,17H,16H2,1H3. The van der Waals surface area contributed by atoms with Crippen LogP contribution in [0.25, 0.3) is 0 Å². The second-order valence-corrected chi connectivity index (χ2v) is 6.77. The van der Waals surface area contributed by atoms with Crippen LogP contribution in [0, 0.1) is 12.7 Å². The molecular formula is C13H12BrFN2O2S. The number of anilines is 2. The lowest BCUT2D eigenvalue weighted by Crippen LogP contribution is -2.15. The van der Waals surface area contributed by atoms with Gasteiger partial charge in [0.2, 0.25) is 0 Å². The van der Waals surface area contributed by atoms with Gasteiger partial charge in [0, 0.05) is 10.0 Å². The van der Waals surface area contributed by atoms with Gasteiger partial charge in [-0.2, -0.15) is 0 Å². The number of nitrogen functional groups attached to an aromatic ring is 1. The largest absolute Gasteiger partial charge is 0.398 e. The molecule has 106 valence electrons. The monoisotopic (exact) mass is 358 g/mol. The molecule has 20 heavy (non-hydrogen) atoms. The Balaban J connectivity index is 2.44. The van der Waals surface area contributed by atoms with Crippen LogP contribution < -0.4 is 10.5 Å². The Kier molecular flexibility index (Phi) is 4.01. The van der Waals surface area contributed by atoms with Crippen molar-refractivity contribution >= 4 is 37.3 Å². The van der Waals surface area contributed by atoms with Crippen LogP contribution in [0.3, 0.4) is 0 Å². The second kappa shape index (κ2) is 5.41. The second-order valence-electron chi connectivity index (χ2n) is 4.20. The molecule has 0 heterocycles. The van der Waals surface area contributed by atoms with Crippen LogP contribution in [-0.2, 0) is 10.0 Å². The maximum Gasteiger partial charge on any atom is 0.263 e. The zero-order valence-electron chi connectivity index (χ0n) is 10.5. The third kappa shape index (κ3) is 2.94. The first kappa shape index (κ1) is 14.8. The average molecular weight is 359 g/mol. The molecule has 0 saturated carbocycles. The predicted octanol–water partition coefficient (Wildman–Crippen LogP) is 3.28. The first-order valence-electron chi connectivity index (χ1n) is 5.64. The Labute approximate surface area is 125 Å². The predicted molar refractivity (Wildman–Crippen MR) is 80.5 cm³/mol. The van der Waals surface area contributed by atoms with Gasteiger partial charge in [0.05, 0.1) is 11.4 Å². The topological polar surface area (TPSA) is 72.2 Å². The highest BCUT2D eigenvalue weighted by molar-refractivity contribution is 9.10. The van der Waals surface area contributed by atoms with E-state index >= 15 is 0 Å². The van der Waals surface area contributed by atoms with Crippen LogP contribution in [0.15, 0.2) is 45.8 Å². The molecule has 0 atom stereocenters. The summed E-state index contributed by atoms with van der Waals surface area (Å²) in [6, 6.07) is 8.64. The van der Waals surface area contributed by atoms with Crippen molar-refractivity contribution in [2.24, 2.45) is 0 Å². The van der Waals surface area contributed by atoms with Crippen LogP contribution in [0.1, 0.15) is 5.56 Å². The van der Waals surface area contributed by atoms with Crippen LogP contribution in [0.5, 0.6) is 0 Å². The molecule has 2 rings (SSSR count). The fraction of sp³-hybridized carbons (Fsp3) is 0.0769. The molecule has 0 unspecified atom stereocenters. The van der Waals surface area contributed by atoms with Gasteiger partial charge in [0.1, 0.15) is 10.7 Å². The van der Waals surface area contributed by atoms with E-state index in [1.54, 1.807) is 6.07 Å². The van der Waals surface area contributed by atoms with E-state index in [2.05, 4.69) is 20.7 Å². The van der Waals surface area contributed by atoms with E-state index in [9.17, 15) is 12.8 Å². The highest BCUT2D eigenvalue weighted by Crippen LogP contribution is 2.26. The van der Waals surface area contributed by atoms with Crippen molar-refractivity contribution in [3.8, 4) is 0 Å². The minimum Gasteiger partial charge on any atom is -0.398 e. The molecule has 2 aromatic rings. The Bertz CT molecular complexity index is 763. The summed E-state index contributed by atoms with van der Waals surface area (Å²) in [6.07, 6.45) is 0. The minimum atomic E-state index is -3.86. The summed E-state index contributed by atoms with van der Waals surface area (Å²) < 4.78 is 41.0. The average Bonchev–Trinajstić information content (AvgIpc) is 2.34. The summed E-state index contributed by atoms with van der Waals surface area (Å²) in [6.45, 7) is 1.50. The summed E-state index contributed by atoms with van der Waals surface area (Å²) in [5.74, 6) is -0.478. The maximum atomic E-state index is 13.4. The van der Waals surface area contributed by atoms with Crippen LogP contribution >= 0.6 is 15.9 Å². The Morgan fingerprint density at radius 3 is 2.60 bits per heavy atom. The van der Waals surface area contributed by atoms with Crippen LogP contribution in [0.2, 0.25) is 0 Å². The van der Waals surface area contributed by atoms with Gasteiger partial charge in [-0.25, -0.2) is 12.8 Å². The highest BCUT2D eigenvalue weighted by Gasteiger charge is 2.19. The molecule has 3 N–H and O–H groups in total. The number of sulfonamides is 1. The van der Waals surface area contributed by atoms with Gasteiger partial charge >= 0.3 is 0 Å². The fourth-order valence-electron chi connectivity index (χ4n) is 1.68. The zero-order valence-corrected chi connectivity index (χ0v) is 12.9. The Morgan fingerprint density at radius 2 is 1.95 bits per heavy atom. The molecule has 0 radical (unpaired) electrons. The van der Waals surface area contributed by atoms with E-state index in [4.69, 9.17) is 5.73 Å². The molecule has 2 aromatic carbocycles. The lowest BCUT2D eigenvalue weighted by atomic mass is 10.2. The smallest absolute Gasteiger partial charge is 0.263 e. The number of nitrogens with two attached hydrogens (primary N) is 1. The summed E-state index contributed by atoms with van der Waals surface area (Å²) in [4.78, 5) is -0.0515. The van der Waals surface area contributed by atoms with Crippen molar-refractivity contribution in [2.75, 3.05) is 10.5 Å². The summed E-state index contributed by atoms with van der Waals surface area (Å²) >= 11 is 3.21. The third-order valence-electron chi connectivity index (χ3n) is 2.77. The molecule has 0 bridgehead atoms. The number of nitrogens with one attached hydrogen (secondary N) is 1. The molecule has 0 amide bonds. The van der Waals surface area contributed by atoms with Crippen LogP contribution in [-0.4, -0.2) is 8.42 Å². The molecule has 7 heteroatoms. The molecule has 0 aliphatic rings. The molecule has 0 aliphatic carbocycles. The number of hydrogen-bond acceptors (Lipinski definition) is 3. The van der Waals surface area contributed by atoms with E-state index in [0.717, 1.165) is 0 Å². The number of halogens is 2. The van der Waals surface area contributed by atoms with Crippen molar-refractivity contribution < 1.29 is 12.8 Å². The van der Waals surface area contributed by atoms with Crippen molar-refractivity contribution in [2.45, 2.75) is 11.8 Å². The zero-order chi connectivity index (χ0) is 14.9. The molecule has 0 fully saturated rings. The van der Waals surface area contributed by atoms with E-state index < -0.39 is 15.8 Å². The van der Waals surface area contributed by atoms with Crippen molar-refractivity contribution in [1.29, 1.82) is 0 Å². The van der Waals surface area contributed by atoms with Crippen LogP contribution in [0.4, 0.5) is 15.8 Å². The fourth-order valence-corrected chi connectivity index (χ4v) is 3.30. The maximum absolute atomic E-state index is 13.4. The van der Waals surface area contributed by atoms with E-state index in [0.29, 0.717) is 4.47 Å². The van der Waals surface area contributed by atoms with Gasteiger partial charge in [-0.15, -0.1) is 0 Å². The highest BCUT2D eigenvalue weighted by atomic mass is 79.9. The summed E-state index contributed by atoms with van der Waals surface area (Å²) in [5.41, 5.74) is 6.23. The SMILES string of the molecule is Cc1c(F)cccc1NS(=O)(=O)c1ccc(Br)cc1N. The van der Waals surface area contributed by atoms with Gasteiger partial charge in [-0.1, -0.05) is 22.0 Å². The summed E-state index contributed by atoms with van der Waals surface area (Å²) in [7, 11) is -3.86. The molecular weight excluding hydrogens is 347 g/mol. The lowest BCUT2D eigenvalue weighted by molar-refractivity contribution is 0.601. The number of benzene rings is 2. The molecule has 4 nitrogen and oxygen atoms in total. The van der Waals surface area contributed by atoms with Gasteiger partial charge in [-0.05, 0) is 37.3 Å². The third-order valence-corrected chi connectivity index (χ3v) is 4.71. The first-order chi connectivity index (χ1) is 9.31. The van der Waals surface area contributed by atoms with Gasteiger partial charge in [-0.3, -0.25) is 4.72 Å². The first-order valence-corrected chi connectivity index (χ1v) is 7.92. The molecule has 0 saturated heterocycles. The Morgan fingerprint density at radius 1 is 1.25 bits per heavy atom. The quantitative estimate of drug-likeness (QED) is 0.827.